The maximum absolute atomic E-state index is 14.0. The SMILES string of the molecule is N/C(=N\O)c1ccc(N2CCCCCC2)c(F)c1. The van der Waals surface area contributed by atoms with Crippen molar-refractivity contribution in [1.82, 2.24) is 0 Å². The van der Waals surface area contributed by atoms with Gasteiger partial charge in [0.25, 0.3) is 0 Å². The molecule has 3 N–H and O–H groups in total. The van der Waals surface area contributed by atoms with E-state index in [4.69, 9.17) is 10.9 Å². The number of halogens is 1. The van der Waals surface area contributed by atoms with Crippen LogP contribution in [0.2, 0.25) is 0 Å². The summed E-state index contributed by atoms with van der Waals surface area (Å²) in [6, 6.07) is 4.70. The van der Waals surface area contributed by atoms with Crippen LogP contribution in [0.3, 0.4) is 0 Å². The van der Waals surface area contributed by atoms with Crippen molar-refractivity contribution in [2.45, 2.75) is 25.7 Å². The van der Waals surface area contributed by atoms with Crippen molar-refractivity contribution in [2.24, 2.45) is 10.9 Å². The Balaban J connectivity index is 2.23. The van der Waals surface area contributed by atoms with Crippen molar-refractivity contribution in [3.63, 3.8) is 0 Å². The highest BCUT2D eigenvalue weighted by Gasteiger charge is 2.14. The summed E-state index contributed by atoms with van der Waals surface area (Å²) in [4.78, 5) is 2.07. The molecule has 1 aromatic carbocycles. The Morgan fingerprint density at radius 2 is 1.89 bits per heavy atom. The number of oxime groups is 1. The maximum atomic E-state index is 14.0. The van der Waals surface area contributed by atoms with Gasteiger partial charge in [-0.3, -0.25) is 0 Å². The molecule has 5 heteroatoms. The van der Waals surface area contributed by atoms with E-state index in [1.54, 1.807) is 12.1 Å². The number of hydrogen-bond acceptors (Lipinski definition) is 3. The molecule has 18 heavy (non-hydrogen) atoms. The third-order valence-electron chi connectivity index (χ3n) is 3.30. The van der Waals surface area contributed by atoms with Crippen molar-refractivity contribution in [1.29, 1.82) is 0 Å². The van der Waals surface area contributed by atoms with E-state index in [2.05, 4.69) is 10.1 Å². The molecule has 2 rings (SSSR count). The average Bonchev–Trinajstić information content (AvgIpc) is 2.66. The third-order valence-corrected chi connectivity index (χ3v) is 3.30. The second kappa shape index (κ2) is 5.71. The van der Waals surface area contributed by atoms with E-state index in [-0.39, 0.29) is 11.7 Å². The van der Waals surface area contributed by atoms with Crippen LogP contribution in [-0.4, -0.2) is 24.1 Å². The largest absolute Gasteiger partial charge is 0.409 e. The van der Waals surface area contributed by atoms with Crippen LogP contribution in [0.25, 0.3) is 0 Å². The van der Waals surface area contributed by atoms with Gasteiger partial charge in [-0.1, -0.05) is 18.0 Å². The summed E-state index contributed by atoms with van der Waals surface area (Å²) in [5.74, 6) is -0.391. The summed E-state index contributed by atoms with van der Waals surface area (Å²) in [6.45, 7) is 1.78. The molecular formula is C13H18FN3O. The highest BCUT2D eigenvalue weighted by atomic mass is 19.1. The van der Waals surface area contributed by atoms with E-state index >= 15 is 0 Å². The minimum Gasteiger partial charge on any atom is -0.409 e. The molecule has 1 aliphatic rings. The van der Waals surface area contributed by atoms with Gasteiger partial charge in [0.05, 0.1) is 5.69 Å². The van der Waals surface area contributed by atoms with E-state index in [0.717, 1.165) is 25.9 Å². The molecule has 0 aliphatic carbocycles. The summed E-state index contributed by atoms with van der Waals surface area (Å²) in [5.41, 5.74) is 6.44. The number of nitrogens with zero attached hydrogens (tertiary/aromatic N) is 2. The molecular weight excluding hydrogens is 233 g/mol. The molecule has 0 radical (unpaired) electrons. The normalized spacial score (nSPS) is 17.6. The lowest BCUT2D eigenvalue weighted by Gasteiger charge is -2.23. The lowest BCUT2D eigenvalue weighted by atomic mass is 10.1. The molecule has 0 unspecified atom stereocenters. The fourth-order valence-electron chi connectivity index (χ4n) is 2.29. The van der Waals surface area contributed by atoms with Gasteiger partial charge in [-0.25, -0.2) is 4.39 Å². The fourth-order valence-corrected chi connectivity index (χ4v) is 2.29. The van der Waals surface area contributed by atoms with Crippen LogP contribution in [0.15, 0.2) is 23.4 Å². The summed E-state index contributed by atoms with van der Waals surface area (Å²) >= 11 is 0. The minimum absolute atomic E-state index is 0.0729. The van der Waals surface area contributed by atoms with Gasteiger partial charge < -0.3 is 15.8 Å². The Morgan fingerprint density at radius 3 is 2.44 bits per heavy atom. The molecule has 1 saturated heterocycles. The Morgan fingerprint density at radius 1 is 1.22 bits per heavy atom. The van der Waals surface area contributed by atoms with Crippen molar-refractivity contribution in [3.8, 4) is 0 Å². The predicted octanol–water partition coefficient (Wildman–Crippen LogP) is 2.30. The first-order valence-electron chi connectivity index (χ1n) is 6.25. The van der Waals surface area contributed by atoms with E-state index < -0.39 is 0 Å². The quantitative estimate of drug-likeness (QED) is 0.367. The molecule has 98 valence electrons. The number of hydrogen-bond donors (Lipinski definition) is 2. The van der Waals surface area contributed by atoms with Crippen molar-refractivity contribution >= 4 is 11.5 Å². The Labute approximate surface area is 106 Å². The zero-order chi connectivity index (χ0) is 13.0. The summed E-state index contributed by atoms with van der Waals surface area (Å²) < 4.78 is 14.0. The Bertz CT molecular complexity index is 440. The number of nitrogens with two attached hydrogens (primary N) is 1. The number of benzene rings is 1. The zero-order valence-corrected chi connectivity index (χ0v) is 10.3. The van der Waals surface area contributed by atoms with Crippen molar-refractivity contribution in [2.75, 3.05) is 18.0 Å². The van der Waals surface area contributed by atoms with Gasteiger partial charge in [0.2, 0.25) is 0 Å². The van der Waals surface area contributed by atoms with Crippen LogP contribution < -0.4 is 10.6 Å². The van der Waals surface area contributed by atoms with Gasteiger partial charge in [-0.05, 0) is 31.0 Å². The van der Waals surface area contributed by atoms with E-state index in [9.17, 15) is 4.39 Å². The number of amidine groups is 1. The highest BCUT2D eigenvalue weighted by Crippen LogP contribution is 2.23. The molecule has 1 fully saturated rings. The van der Waals surface area contributed by atoms with Crippen LogP contribution in [0.5, 0.6) is 0 Å². The molecule has 4 nitrogen and oxygen atoms in total. The molecule has 1 aliphatic heterocycles. The zero-order valence-electron chi connectivity index (χ0n) is 10.3. The van der Waals surface area contributed by atoms with E-state index in [0.29, 0.717) is 11.3 Å². The molecule has 1 heterocycles. The lowest BCUT2D eigenvalue weighted by Crippen LogP contribution is -2.25. The monoisotopic (exact) mass is 251 g/mol. The smallest absolute Gasteiger partial charge is 0.170 e. The van der Waals surface area contributed by atoms with Crippen LogP contribution in [0, 0.1) is 5.82 Å². The number of anilines is 1. The van der Waals surface area contributed by atoms with E-state index in [1.165, 1.54) is 18.9 Å². The van der Waals surface area contributed by atoms with Crippen LogP contribution in [0.4, 0.5) is 10.1 Å². The minimum atomic E-state index is -0.319. The Hall–Kier alpha value is -1.78. The second-order valence-electron chi connectivity index (χ2n) is 4.55. The van der Waals surface area contributed by atoms with Gasteiger partial charge in [-0.15, -0.1) is 0 Å². The molecule has 1 aromatic rings. The first kappa shape index (κ1) is 12.7. The first-order valence-corrected chi connectivity index (χ1v) is 6.25. The van der Waals surface area contributed by atoms with Crippen LogP contribution in [-0.2, 0) is 0 Å². The highest BCUT2D eigenvalue weighted by molar-refractivity contribution is 5.97. The number of rotatable bonds is 2. The third kappa shape index (κ3) is 2.72. The topological polar surface area (TPSA) is 61.9 Å². The fraction of sp³-hybridized carbons (Fsp3) is 0.462. The molecule has 0 saturated carbocycles. The van der Waals surface area contributed by atoms with Crippen molar-refractivity contribution < 1.29 is 9.60 Å². The van der Waals surface area contributed by atoms with Crippen LogP contribution in [0.1, 0.15) is 31.2 Å². The maximum Gasteiger partial charge on any atom is 0.170 e. The molecule has 0 atom stereocenters. The summed E-state index contributed by atoms with van der Waals surface area (Å²) in [6.07, 6.45) is 4.61. The second-order valence-corrected chi connectivity index (χ2v) is 4.55. The summed E-state index contributed by atoms with van der Waals surface area (Å²) in [5, 5.41) is 11.4. The van der Waals surface area contributed by atoms with Crippen molar-refractivity contribution in [3.05, 3.63) is 29.6 Å². The van der Waals surface area contributed by atoms with Gasteiger partial charge >= 0.3 is 0 Å². The standard InChI is InChI=1S/C13H18FN3O/c14-11-9-10(13(15)16-18)5-6-12(11)17-7-3-1-2-4-8-17/h5-6,9,18H,1-4,7-8H2,(H2,15,16). The predicted molar refractivity (Wildman–Crippen MR) is 69.6 cm³/mol. The van der Waals surface area contributed by atoms with Gasteiger partial charge in [-0.2, -0.15) is 0 Å². The first-order chi connectivity index (χ1) is 8.72. The molecule has 0 amide bonds. The summed E-state index contributed by atoms with van der Waals surface area (Å²) in [7, 11) is 0. The molecule has 0 aromatic heterocycles. The van der Waals surface area contributed by atoms with Crippen LogP contribution >= 0.6 is 0 Å². The lowest BCUT2D eigenvalue weighted by molar-refractivity contribution is 0.318. The Kier molecular flexibility index (Phi) is 4.02. The van der Waals surface area contributed by atoms with Gasteiger partial charge in [0, 0.05) is 18.7 Å². The van der Waals surface area contributed by atoms with E-state index in [1.807, 2.05) is 0 Å². The molecule has 0 bridgehead atoms. The van der Waals surface area contributed by atoms with Gasteiger partial charge in [0.15, 0.2) is 5.84 Å². The van der Waals surface area contributed by atoms with Gasteiger partial charge in [0.1, 0.15) is 5.82 Å². The average molecular weight is 251 g/mol. The molecule has 0 spiro atoms.